The highest BCUT2D eigenvalue weighted by atomic mass is 16.5. The monoisotopic (exact) mass is 755 g/mol. The molecule has 0 amide bonds. The number of ether oxygens (including phenoxy) is 5. The molecule has 0 aromatic heterocycles. The molecule has 3 aliphatic heterocycles. The highest BCUT2D eigenvalue weighted by Crippen LogP contribution is 2.56. The van der Waals surface area contributed by atoms with E-state index in [0.717, 1.165) is 87.9 Å². The zero-order valence-corrected chi connectivity index (χ0v) is 33.2. The van der Waals surface area contributed by atoms with E-state index in [1.54, 1.807) is 35.5 Å². The second kappa shape index (κ2) is 16.2. The van der Waals surface area contributed by atoms with Gasteiger partial charge in [-0.05, 0) is 88.5 Å². The maximum atomic E-state index is 5.57. The summed E-state index contributed by atoms with van der Waals surface area (Å²) >= 11 is 0. The van der Waals surface area contributed by atoms with Crippen molar-refractivity contribution in [3.63, 3.8) is 0 Å². The number of methoxy groups -OCH3 is 5. The number of benzene rings is 5. The van der Waals surface area contributed by atoms with Crippen molar-refractivity contribution < 1.29 is 23.7 Å². The average molecular weight is 756 g/mol. The minimum atomic E-state index is -0.377. The van der Waals surface area contributed by atoms with Gasteiger partial charge in [0.1, 0.15) is 40.1 Å². The molecule has 0 spiro atoms. The Morgan fingerprint density at radius 1 is 0.339 bits per heavy atom. The molecule has 0 radical (unpaired) electrons. The summed E-state index contributed by atoms with van der Waals surface area (Å²) in [7, 11) is 8.62. The summed E-state index contributed by atoms with van der Waals surface area (Å²) in [6.07, 6.45) is 0. The highest BCUT2D eigenvalue weighted by Gasteiger charge is 2.75. The molecule has 3 fully saturated rings. The third-order valence-electron chi connectivity index (χ3n) is 12.0. The van der Waals surface area contributed by atoms with Crippen LogP contribution in [0, 0.1) is 0 Å². The number of likely N-dealkylation sites (tertiary alicyclic amines) is 1. The van der Waals surface area contributed by atoms with Crippen LogP contribution < -0.4 is 23.7 Å². The van der Waals surface area contributed by atoms with Crippen molar-refractivity contribution in [1.82, 2.24) is 24.5 Å². The van der Waals surface area contributed by atoms with E-state index >= 15 is 0 Å². The maximum absolute atomic E-state index is 5.57. The Bertz CT molecular complexity index is 1810. The average Bonchev–Trinajstić information content (AvgIpc) is 3.80. The molecule has 3 heterocycles. The largest absolute Gasteiger partial charge is 0.497 e. The van der Waals surface area contributed by atoms with Gasteiger partial charge in [-0.2, -0.15) is 0 Å². The number of hydrogen-bond donors (Lipinski definition) is 0. The Morgan fingerprint density at radius 3 is 0.768 bits per heavy atom. The second-order valence-corrected chi connectivity index (χ2v) is 15.1. The number of rotatable bonds is 15. The van der Waals surface area contributed by atoms with E-state index in [2.05, 4.69) is 146 Å². The topological polar surface area (TPSA) is 62.3 Å². The molecule has 0 aliphatic carbocycles. The molecule has 0 bridgehead atoms. The SMILES string of the molecule is COc1ccc(CN2CC34N(Cc5ccc(OC)cc5)CN(Cc5ccc(OC)cc5)C3(C2)N(Cc2ccc(OC)cc2)CN4Cc2ccc(OC)cc2)cc1. The summed E-state index contributed by atoms with van der Waals surface area (Å²) in [6.45, 7) is 7.31. The van der Waals surface area contributed by atoms with E-state index in [1.807, 2.05) is 0 Å². The van der Waals surface area contributed by atoms with Crippen LogP contribution in [0.25, 0.3) is 0 Å². The van der Waals surface area contributed by atoms with E-state index in [-0.39, 0.29) is 11.3 Å². The molecule has 3 aliphatic rings. The van der Waals surface area contributed by atoms with Gasteiger partial charge in [0.05, 0.1) is 48.9 Å². The van der Waals surface area contributed by atoms with Gasteiger partial charge in [0.15, 0.2) is 0 Å². The molecule has 8 rings (SSSR count). The molecule has 0 saturated carbocycles. The van der Waals surface area contributed by atoms with E-state index in [9.17, 15) is 0 Å². The van der Waals surface area contributed by atoms with E-state index in [1.165, 1.54) is 27.8 Å². The summed E-state index contributed by atoms with van der Waals surface area (Å²) < 4.78 is 27.8. The smallest absolute Gasteiger partial charge is 0.124 e. The van der Waals surface area contributed by atoms with Crippen LogP contribution in [0.2, 0.25) is 0 Å². The van der Waals surface area contributed by atoms with Gasteiger partial charge >= 0.3 is 0 Å². The lowest BCUT2D eigenvalue weighted by Crippen LogP contribution is -2.67. The first-order valence-corrected chi connectivity index (χ1v) is 19.3. The zero-order valence-electron chi connectivity index (χ0n) is 33.2. The molecule has 0 unspecified atom stereocenters. The van der Waals surface area contributed by atoms with Crippen LogP contribution in [0.1, 0.15) is 27.8 Å². The van der Waals surface area contributed by atoms with Gasteiger partial charge in [-0.3, -0.25) is 24.5 Å². The Labute approximate surface area is 331 Å². The third-order valence-corrected chi connectivity index (χ3v) is 12.0. The van der Waals surface area contributed by atoms with Crippen LogP contribution >= 0.6 is 0 Å². The third kappa shape index (κ3) is 7.08. The Balaban J connectivity index is 1.27. The predicted octanol–water partition coefficient (Wildman–Crippen LogP) is 6.89. The molecule has 0 atom stereocenters. The van der Waals surface area contributed by atoms with Crippen LogP contribution in [0.5, 0.6) is 28.7 Å². The maximum Gasteiger partial charge on any atom is 0.124 e. The molecular weight excluding hydrogens is 703 g/mol. The minimum absolute atomic E-state index is 0.377. The van der Waals surface area contributed by atoms with Gasteiger partial charge in [0.2, 0.25) is 0 Å². The van der Waals surface area contributed by atoms with Crippen LogP contribution in [0.3, 0.4) is 0 Å². The first kappa shape index (κ1) is 37.8. The summed E-state index contributed by atoms with van der Waals surface area (Å²) in [4.78, 5) is 13.7. The van der Waals surface area contributed by atoms with Crippen LogP contribution in [0.15, 0.2) is 121 Å². The highest BCUT2D eigenvalue weighted by molar-refractivity contribution is 5.36. The van der Waals surface area contributed by atoms with E-state index in [0.29, 0.717) is 0 Å². The van der Waals surface area contributed by atoms with Crippen molar-refractivity contribution in [2.24, 2.45) is 0 Å². The molecule has 3 saturated heterocycles. The number of hydrogen-bond acceptors (Lipinski definition) is 10. The zero-order chi connectivity index (χ0) is 38.7. The van der Waals surface area contributed by atoms with Gasteiger partial charge in [0, 0.05) is 45.8 Å². The fraction of sp³-hybridized carbons (Fsp3) is 0.348. The molecule has 10 nitrogen and oxygen atoms in total. The summed E-state index contributed by atoms with van der Waals surface area (Å²) in [6, 6.07) is 42.9. The van der Waals surface area contributed by atoms with Crippen LogP contribution in [0.4, 0.5) is 0 Å². The molecule has 0 N–H and O–H groups in total. The van der Waals surface area contributed by atoms with Crippen molar-refractivity contribution in [1.29, 1.82) is 0 Å². The lowest BCUT2D eigenvalue weighted by molar-refractivity contribution is -0.0341. The first-order valence-electron chi connectivity index (χ1n) is 19.3. The fourth-order valence-electron chi connectivity index (χ4n) is 9.26. The number of nitrogens with zero attached hydrogens (tertiary/aromatic N) is 5. The summed E-state index contributed by atoms with van der Waals surface area (Å²) in [5, 5.41) is 0. The van der Waals surface area contributed by atoms with E-state index < -0.39 is 0 Å². The Morgan fingerprint density at radius 2 is 0.554 bits per heavy atom. The van der Waals surface area contributed by atoms with Crippen molar-refractivity contribution in [3.8, 4) is 28.7 Å². The Hall–Kier alpha value is -5.10. The van der Waals surface area contributed by atoms with Gasteiger partial charge < -0.3 is 23.7 Å². The van der Waals surface area contributed by atoms with Gasteiger partial charge in [-0.25, -0.2) is 0 Å². The van der Waals surface area contributed by atoms with Crippen molar-refractivity contribution in [2.75, 3.05) is 62.0 Å². The first-order chi connectivity index (χ1) is 27.4. The minimum Gasteiger partial charge on any atom is -0.497 e. The fourth-order valence-corrected chi connectivity index (χ4v) is 9.26. The second-order valence-electron chi connectivity index (χ2n) is 15.1. The van der Waals surface area contributed by atoms with Crippen molar-refractivity contribution in [3.05, 3.63) is 149 Å². The quantitative estimate of drug-likeness (QED) is 0.113. The molecular formula is C46H53N5O5. The van der Waals surface area contributed by atoms with Crippen LogP contribution in [-0.2, 0) is 32.7 Å². The molecule has 56 heavy (non-hydrogen) atoms. The molecule has 5 aromatic carbocycles. The standard InChI is InChI=1S/C46H53N5O5/c1-52-40-16-6-35(7-17-40)26-47-31-45-46(32-47,49(28-37-10-20-42(54-3)21-11-37)33-48(45)27-36-8-18-41(53-2)19-9-36)51(30-39-14-24-44(56-5)25-15-39)34-50(45)29-38-12-22-43(55-4)23-13-38/h6-25H,26-34H2,1-5H3. The van der Waals surface area contributed by atoms with Crippen molar-refractivity contribution >= 4 is 0 Å². The Kier molecular flexibility index (Phi) is 10.9. The normalized spacial score (nSPS) is 21.5. The molecule has 10 heteroatoms. The molecule has 5 aromatic rings. The predicted molar refractivity (Wildman–Crippen MR) is 218 cm³/mol. The summed E-state index contributed by atoms with van der Waals surface area (Å²) in [5.74, 6) is 4.32. The molecule has 292 valence electrons. The van der Waals surface area contributed by atoms with Gasteiger partial charge in [-0.1, -0.05) is 60.7 Å². The van der Waals surface area contributed by atoms with Gasteiger partial charge in [0.25, 0.3) is 0 Å². The lowest BCUT2D eigenvalue weighted by Gasteiger charge is -2.46. The van der Waals surface area contributed by atoms with Crippen LogP contribution in [-0.4, -0.2) is 97.8 Å². The lowest BCUT2D eigenvalue weighted by atomic mass is 9.93. The van der Waals surface area contributed by atoms with E-state index in [4.69, 9.17) is 23.7 Å². The summed E-state index contributed by atoms with van der Waals surface area (Å²) in [5.41, 5.74) is 5.54. The van der Waals surface area contributed by atoms with Gasteiger partial charge in [-0.15, -0.1) is 0 Å². The van der Waals surface area contributed by atoms with Crippen molar-refractivity contribution in [2.45, 2.75) is 44.0 Å².